The second kappa shape index (κ2) is 10.7. The minimum atomic E-state index is -0.602. The lowest BCUT2D eigenvalue weighted by Crippen LogP contribution is -2.39. The molecule has 0 saturated carbocycles. The van der Waals surface area contributed by atoms with Gasteiger partial charge < -0.3 is 19.7 Å². The second-order valence-electron chi connectivity index (χ2n) is 8.22. The first-order valence-corrected chi connectivity index (χ1v) is 11.7. The van der Waals surface area contributed by atoms with E-state index in [0.717, 1.165) is 10.2 Å². The number of amides is 2. The van der Waals surface area contributed by atoms with E-state index in [0.29, 0.717) is 38.7 Å². The lowest BCUT2D eigenvalue weighted by molar-refractivity contribution is -0.117. The molecular formula is C27H25ClN4O5. The van der Waals surface area contributed by atoms with Gasteiger partial charge in [0.15, 0.2) is 17.2 Å². The maximum Gasteiger partial charge on any atom is 0.279 e. The van der Waals surface area contributed by atoms with Crippen molar-refractivity contribution in [3.8, 4) is 17.2 Å². The summed E-state index contributed by atoms with van der Waals surface area (Å²) in [5.41, 5.74) is 1.47. The van der Waals surface area contributed by atoms with Gasteiger partial charge in [-0.05, 0) is 42.8 Å². The molecule has 1 heterocycles. The third-order valence-corrected chi connectivity index (χ3v) is 6.17. The van der Waals surface area contributed by atoms with Gasteiger partial charge >= 0.3 is 0 Å². The van der Waals surface area contributed by atoms with Crippen LogP contribution in [0.4, 0.5) is 5.69 Å². The number of nitrogens with one attached hydrogen (secondary N) is 1. The van der Waals surface area contributed by atoms with Crippen LogP contribution in [0.5, 0.6) is 11.5 Å². The number of ether oxygens (including phenoxy) is 2. The first-order chi connectivity index (χ1) is 17.7. The fourth-order valence-electron chi connectivity index (χ4n) is 3.93. The molecule has 2 amide bonds. The molecule has 0 saturated heterocycles. The van der Waals surface area contributed by atoms with Crippen LogP contribution < -0.4 is 25.2 Å². The van der Waals surface area contributed by atoms with Crippen molar-refractivity contribution in [2.75, 3.05) is 32.7 Å². The molecule has 0 bridgehead atoms. The van der Waals surface area contributed by atoms with Gasteiger partial charge in [-0.15, -0.1) is 0 Å². The van der Waals surface area contributed by atoms with E-state index in [2.05, 4.69) is 10.4 Å². The molecule has 1 aromatic heterocycles. The molecule has 10 heteroatoms. The van der Waals surface area contributed by atoms with E-state index < -0.39 is 11.5 Å². The highest BCUT2D eigenvalue weighted by atomic mass is 35.5. The second-order valence-corrected chi connectivity index (χ2v) is 8.65. The van der Waals surface area contributed by atoms with Gasteiger partial charge in [-0.2, -0.15) is 9.78 Å². The number of carbonyl (C=O) groups excluding carboxylic acids is 2. The number of nitrogens with zero attached hydrogens (tertiary/aromatic N) is 3. The van der Waals surface area contributed by atoms with E-state index in [9.17, 15) is 14.4 Å². The summed E-state index contributed by atoms with van der Waals surface area (Å²) in [5, 5.41) is 8.16. The normalized spacial score (nSPS) is 10.7. The number of methoxy groups -OCH3 is 2. The molecule has 0 atom stereocenters. The van der Waals surface area contributed by atoms with Crippen molar-refractivity contribution in [2.24, 2.45) is 0 Å². The Bertz CT molecular complexity index is 1570. The van der Waals surface area contributed by atoms with Gasteiger partial charge in [0.05, 0.1) is 31.8 Å². The summed E-state index contributed by atoms with van der Waals surface area (Å²) in [5.74, 6) is -0.0698. The Hall–Kier alpha value is -4.37. The standard InChI is InChI=1S/C27H25ClN4O5/c1-16-9-10-17(28)13-21(16)31(2)24(33)15-29-26(34)25-19-7-5-6-8-20(19)27(35)32(30-25)18-11-12-22(36-3)23(14-18)37-4/h5-14H,15H2,1-4H3,(H,29,34). The number of hydrogen-bond donors (Lipinski definition) is 1. The van der Waals surface area contributed by atoms with E-state index in [1.54, 1.807) is 61.6 Å². The lowest BCUT2D eigenvalue weighted by atomic mass is 10.1. The van der Waals surface area contributed by atoms with Gasteiger partial charge in [-0.25, -0.2) is 0 Å². The molecule has 0 aliphatic heterocycles. The van der Waals surface area contributed by atoms with Crippen molar-refractivity contribution in [2.45, 2.75) is 6.92 Å². The predicted octanol–water partition coefficient (Wildman–Crippen LogP) is 3.76. The topological polar surface area (TPSA) is 103 Å². The first kappa shape index (κ1) is 25.7. The van der Waals surface area contributed by atoms with Gasteiger partial charge in [0.25, 0.3) is 11.5 Å². The van der Waals surface area contributed by atoms with Crippen LogP contribution in [0.25, 0.3) is 16.5 Å². The highest BCUT2D eigenvalue weighted by Gasteiger charge is 2.20. The number of aryl methyl sites for hydroxylation is 1. The maximum absolute atomic E-state index is 13.3. The third-order valence-electron chi connectivity index (χ3n) is 5.94. The minimum absolute atomic E-state index is 0.000580. The molecule has 0 aliphatic rings. The summed E-state index contributed by atoms with van der Waals surface area (Å²) < 4.78 is 11.7. The van der Waals surface area contributed by atoms with Gasteiger partial charge in [0, 0.05) is 29.2 Å². The average Bonchev–Trinajstić information content (AvgIpc) is 2.92. The van der Waals surface area contributed by atoms with Gasteiger partial charge in [0.2, 0.25) is 5.91 Å². The fourth-order valence-corrected chi connectivity index (χ4v) is 4.09. The van der Waals surface area contributed by atoms with E-state index in [-0.39, 0.29) is 18.1 Å². The van der Waals surface area contributed by atoms with Crippen LogP contribution in [0.1, 0.15) is 16.1 Å². The zero-order valence-electron chi connectivity index (χ0n) is 20.7. The van der Waals surface area contributed by atoms with Crippen molar-refractivity contribution in [3.63, 3.8) is 0 Å². The maximum atomic E-state index is 13.3. The van der Waals surface area contributed by atoms with Crippen LogP contribution in [-0.2, 0) is 4.79 Å². The Kier molecular flexibility index (Phi) is 7.45. The molecule has 9 nitrogen and oxygen atoms in total. The summed E-state index contributed by atoms with van der Waals surface area (Å²) in [6, 6.07) is 16.8. The molecule has 0 fully saturated rings. The Labute approximate surface area is 218 Å². The van der Waals surface area contributed by atoms with Gasteiger partial charge in [0.1, 0.15) is 0 Å². The smallest absolute Gasteiger partial charge is 0.279 e. The highest BCUT2D eigenvalue weighted by molar-refractivity contribution is 6.31. The Morgan fingerprint density at radius 2 is 1.70 bits per heavy atom. The van der Waals surface area contributed by atoms with E-state index in [4.69, 9.17) is 21.1 Å². The van der Waals surface area contributed by atoms with Gasteiger partial charge in [-0.1, -0.05) is 35.9 Å². The minimum Gasteiger partial charge on any atom is -0.493 e. The lowest BCUT2D eigenvalue weighted by Gasteiger charge is -2.20. The van der Waals surface area contributed by atoms with Crippen LogP contribution in [0.3, 0.4) is 0 Å². The molecule has 0 unspecified atom stereocenters. The molecule has 0 aliphatic carbocycles. The first-order valence-electron chi connectivity index (χ1n) is 11.3. The average molecular weight is 521 g/mol. The number of benzene rings is 3. The van der Waals surface area contributed by atoms with Crippen molar-refractivity contribution >= 4 is 39.9 Å². The number of halogens is 1. The number of hydrogen-bond acceptors (Lipinski definition) is 6. The summed E-state index contributed by atoms with van der Waals surface area (Å²) in [6.07, 6.45) is 0. The molecule has 0 spiro atoms. The summed E-state index contributed by atoms with van der Waals surface area (Å²) in [4.78, 5) is 40.8. The van der Waals surface area contributed by atoms with E-state index >= 15 is 0 Å². The van der Waals surface area contributed by atoms with Crippen LogP contribution >= 0.6 is 11.6 Å². The molecule has 3 aromatic carbocycles. The molecule has 4 rings (SSSR count). The Morgan fingerprint density at radius 3 is 2.41 bits per heavy atom. The van der Waals surface area contributed by atoms with E-state index in [1.165, 1.54) is 19.1 Å². The summed E-state index contributed by atoms with van der Waals surface area (Å²) in [6.45, 7) is 1.58. The predicted molar refractivity (Wildman–Crippen MR) is 142 cm³/mol. The van der Waals surface area contributed by atoms with Crippen molar-refractivity contribution in [1.29, 1.82) is 0 Å². The van der Waals surface area contributed by atoms with Crippen molar-refractivity contribution < 1.29 is 19.1 Å². The Morgan fingerprint density at radius 1 is 1.00 bits per heavy atom. The third kappa shape index (κ3) is 5.12. The highest BCUT2D eigenvalue weighted by Crippen LogP contribution is 2.29. The van der Waals surface area contributed by atoms with Crippen molar-refractivity contribution in [3.05, 3.63) is 87.3 Å². The van der Waals surface area contributed by atoms with Crippen LogP contribution in [0.15, 0.2) is 65.5 Å². The number of aromatic nitrogens is 2. The molecule has 1 N–H and O–H groups in total. The van der Waals surface area contributed by atoms with Gasteiger partial charge in [-0.3, -0.25) is 14.4 Å². The van der Waals surface area contributed by atoms with Crippen LogP contribution in [0.2, 0.25) is 5.02 Å². The molecule has 4 aromatic rings. The summed E-state index contributed by atoms with van der Waals surface area (Å²) in [7, 11) is 4.60. The number of fused-ring (bicyclic) bond motifs is 1. The zero-order chi connectivity index (χ0) is 26.7. The number of likely N-dealkylation sites (N-methyl/N-ethyl adjacent to an activating group) is 1. The van der Waals surface area contributed by atoms with Crippen LogP contribution in [-0.4, -0.2) is 49.4 Å². The molecule has 190 valence electrons. The molecule has 0 radical (unpaired) electrons. The number of carbonyl (C=O) groups is 2. The van der Waals surface area contributed by atoms with Crippen molar-refractivity contribution in [1.82, 2.24) is 15.1 Å². The number of anilines is 1. The monoisotopic (exact) mass is 520 g/mol. The Balaban J connectivity index is 1.67. The fraction of sp³-hybridized carbons (Fsp3) is 0.185. The largest absolute Gasteiger partial charge is 0.493 e. The molecule has 37 heavy (non-hydrogen) atoms. The quantitative estimate of drug-likeness (QED) is 0.398. The SMILES string of the molecule is COc1ccc(-n2nc(C(=O)NCC(=O)N(C)c3cc(Cl)ccc3C)c3ccccc3c2=O)cc1OC. The number of rotatable bonds is 7. The molecular weight excluding hydrogens is 496 g/mol. The zero-order valence-corrected chi connectivity index (χ0v) is 21.5. The van der Waals surface area contributed by atoms with E-state index in [1.807, 2.05) is 13.0 Å². The van der Waals surface area contributed by atoms with Crippen LogP contribution in [0, 0.1) is 6.92 Å². The summed E-state index contributed by atoms with van der Waals surface area (Å²) >= 11 is 6.08.